The quantitative estimate of drug-likeness (QED) is 0.732. The van der Waals surface area contributed by atoms with Crippen LogP contribution < -0.4 is 15.0 Å². The number of anilines is 1. The van der Waals surface area contributed by atoms with E-state index in [1.165, 1.54) is 0 Å². The molecule has 0 bridgehead atoms. The highest BCUT2D eigenvalue weighted by atomic mass is 35.5. The zero-order valence-electron chi connectivity index (χ0n) is 17.2. The summed E-state index contributed by atoms with van der Waals surface area (Å²) in [6, 6.07) is 14.5. The van der Waals surface area contributed by atoms with Gasteiger partial charge < -0.3 is 15.0 Å². The molecule has 1 heterocycles. The Morgan fingerprint density at radius 1 is 1.13 bits per heavy atom. The molecule has 2 amide bonds. The number of hydrogen-bond acceptors (Lipinski definition) is 3. The first-order valence-electron chi connectivity index (χ1n) is 9.97. The first-order valence-corrected chi connectivity index (χ1v) is 10.4. The standard InChI is InChI=1S/C24H25ClN2O3/c1-24(2,30-21-14-10-19(25)11-15-21)23(29)26-16-5-6-18-8-12-20(13-9-18)27-17-4-3-7-22(27)28/h8-15H,3-4,7,16-17H2,1-2H3,(H,26,29). The molecule has 0 aliphatic carbocycles. The SMILES string of the molecule is CC(C)(Oc1ccc(Cl)cc1)C(=O)NCC#Cc1ccc(N2CCCCC2=O)cc1. The minimum Gasteiger partial charge on any atom is -0.478 e. The average Bonchev–Trinajstić information content (AvgIpc) is 2.73. The average molecular weight is 425 g/mol. The molecular weight excluding hydrogens is 400 g/mol. The number of nitrogens with zero attached hydrogens (tertiary/aromatic N) is 1. The van der Waals surface area contributed by atoms with Crippen LogP contribution in [0.5, 0.6) is 5.75 Å². The molecule has 156 valence electrons. The fourth-order valence-electron chi connectivity index (χ4n) is 3.13. The van der Waals surface area contributed by atoms with E-state index in [9.17, 15) is 9.59 Å². The lowest BCUT2D eigenvalue weighted by Gasteiger charge is -2.26. The fourth-order valence-corrected chi connectivity index (χ4v) is 3.26. The number of rotatable bonds is 5. The fraction of sp³-hybridized carbons (Fsp3) is 0.333. The van der Waals surface area contributed by atoms with E-state index < -0.39 is 5.60 Å². The van der Waals surface area contributed by atoms with Crippen molar-refractivity contribution in [1.82, 2.24) is 5.32 Å². The lowest BCUT2D eigenvalue weighted by atomic mass is 10.1. The smallest absolute Gasteiger partial charge is 0.264 e. The van der Waals surface area contributed by atoms with E-state index in [2.05, 4.69) is 17.2 Å². The third-order valence-corrected chi connectivity index (χ3v) is 5.06. The van der Waals surface area contributed by atoms with Crippen LogP contribution in [0.1, 0.15) is 38.7 Å². The Labute approximate surface area is 182 Å². The van der Waals surface area contributed by atoms with Crippen molar-refractivity contribution in [2.45, 2.75) is 38.7 Å². The number of halogens is 1. The number of ether oxygens (including phenoxy) is 1. The Hall–Kier alpha value is -2.97. The van der Waals surface area contributed by atoms with Crippen LogP contribution >= 0.6 is 11.6 Å². The lowest BCUT2D eigenvalue weighted by Crippen LogP contribution is -2.46. The predicted molar refractivity (Wildman–Crippen MR) is 119 cm³/mol. The van der Waals surface area contributed by atoms with Crippen LogP contribution in [0.25, 0.3) is 0 Å². The number of benzene rings is 2. The molecule has 1 saturated heterocycles. The van der Waals surface area contributed by atoms with Gasteiger partial charge in [0.1, 0.15) is 5.75 Å². The summed E-state index contributed by atoms with van der Waals surface area (Å²) in [5, 5.41) is 3.38. The van der Waals surface area contributed by atoms with Crippen LogP contribution in [-0.2, 0) is 9.59 Å². The van der Waals surface area contributed by atoms with Crippen molar-refractivity contribution in [2.75, 3.05) is 18.0 Å². The van der Waals surface area contributed by atoms with E-state index in [-0.39, 0.29) is 18.4 Å². The van der Waals surface area contributed by atoms with Crippen molar-refractivity contribution in [3.63, 3.8) is 0 Å². The second kappa shape index (κ2) is 9.69. The van der Waals surface area contributed by atoms with Crippen LogP contribution in [0.2, 0.25) is 5.02 Å². The van der Waals surface area contributed by atoms with E-state index in [4.69, 9.17) is 16.3 Å². The van der Waals surface area contributed by atoms with Crippen LogP contribution in [-0.4, -0.2) is 30.5 Å². The highest BCUT2D eigenvalue weighted by molar-refractivity contribution is 6.30. The van der Waals surface area contributed by atoms with Gasteiger partial charge in [0.15, 0.2) is 5.60 Å². The molecule has 3 rings (SSSR count). The van der Waals surface area contributed by atoms with Gasteiger partial charge in [-0.3, -0.25) is 9.59 Å². The molecule has 0 saturated carbocycles. The Morgan fingerprint density at radius 3 is 2.50 bits per heavy atom. The minimum atomic E-state index is -1.04. The molecule has 0 atom stereocenters. The number of hydrogen-bond donors (Lipinski definition) is 1. The van der Waals surface area contributed by atoms with Gasteiger partial charge in [0.05, 0.1) is 6.54 Å². The molecule has 0 spiro atoms. The third-order valence-electron chi connectivity index (χ3n) is 4.81. The van der Waals surface area contributed by atoms with Gasteiger partial charge in [0, 0.05) is 29.2 Å². The van der Waals surface area contributed by atoms with Gasteiger partial charge in [-0.25, -0.2) is 0 Å². The summed E-state index contributed by atoms with van der Waals surface area (Å²) in [7, 11) is 0. The van der Waals surface area contributed by atoms with Crippen molar-refractivity contribution < 1.29 is 14.3 Å². The van der Waals surface area contributed by atoms with Crippen molar-refractivity contribution >= 4 is 29.1 Å². The normalized spacial score (nSPS) is 14.0. The highest BCUT2D eigenvalue weighted by Gasteiger charge is 2.29. The highest BCUT2D eigenvalue weighted by Crippen LogP contribution is 2.22. The van der Waals surface area contributed by atoms with Crippen LogP contribution in [0.4, 0.5) is 5.69 Å². The molecule has 5 nitrogen and oxygen atoms in total. The molecule has 2 aromatic rings. The first-order chi connectivity index (χ1) is 14.3. The van der Waals surface area contributed by atoms with Crippen molar-refractivity contribution in [3.05, 3.63) is 59.1 Å². The molecular formula is C24H25ClN2O3. The van der Waals surface area contributed by atoms with Gasteiger partial charge in [-0.15, -0.1) is 0 Å². The van der Waals surface area contributed by atoms with Crippen LogP contribution in [0.15, 0.2) is 48.5 Å². The number of carbonyl (C=O) groups is 2. The predicted octanol–water partition coefficient (Wildman–Crippen LogP) is 4.18. The summed E-state index contributed by atoms with van der Waals surface area (Å²) < 4.78 is 5.76. The van der Waals surface area contributed by atoms with E-state index in [0.717, 1.165) is 30.6 Å². The maximum absolute atomic E-state index is 12.4. The maximum atomic E-state index is 12.4. The van der Waals surface area contributed by atoms with E-state index in [1.54, 1.807) is 38.1 Å². The summed E-state index contributed by atoms with van der Waals surface area (Å²) in [4.78, 5) is 26.3. The summed E-state index contributed by atoms with van der Waals surface area (Å²) in [6.45, 7) is 4.37. The van der Waals surface area contributed by atoms with Crippen molar-refractivity contribution in [1.29, 1.82) is 0 Å². The summed E-state index contributed by atoms with van der Waals surface area (Å²) in [5.41, 5.74) is 0.687. The summed E-state index contributed by atoms with van der Waals surface area (Å²) >= 11 is 5.87. The zero-order valence-corrected chi connectivity index (χ0v) is 18.0. The Morgan fingerprint density at radius 2 is 1.83 bits per heavy atom. The van der Waals surface area contributed by atoms with Crippen molar-refractivity contribution in [2.24, 2.45) is 0 Å². The molecule has 0 radical (unpaired) electrons. The van der Waals surface area contributed by atoms with Crippen molar-refractivity contribution in [3.8, 4) is 17.6 Å². The third kappa shape index (κ3) is 5.77. The van der Waals surface area contributed by atoms with Gasteiger partial charge in [-0.05, 0) is 75.2 Å². The largest absolute Gasteiger partial charge is 0.478 e. The minimum absolute atomic E-state index is 0.172. The van der Waals surface area contributed by atoms with E-state index >= 15 is 0 Å². The number of piperidine rings is 1. The monoisotopic (exact) mass is 424 g/mol. The Kier molecular flexibility index (Phi) is 7.02. The van der Waals surface area contributed by atoms with Gasteiger partial charge in [-0.1, -0.05) is 23.4 Å². The van der Waals surface area contributed by atoms with E-state index in [0.29, 0.717) is 17.2 Å². The van der Waals surface area contributed by atoms with Gasteiger partial charge >= 0.3 is 0 Å². The first kappa shape index (κ1) is 21.7. The van der Waals surface area contributed by atoms with Gasteiger partial charge in [0.25, 0.3) is 5.91 Å². The van der Waals surface area contributed by atoms with Crippen LogP contribution in [0.3, 0.4) is 0 Å². The summed E-state index contributed by atoms with van der Waals surface area (Å²) in [5.74, 6) is 6.45. The second-order valence-corrected chi connectivity index (χ2v) is 8.04. The molecule has 6 heteroatoms. The Bertz CT molecular complexity index is 957. The van der Waals surface area contributed by atoms with E-state index in [1.807, 2.05) is 29.2 Å². The molecule has 1 fully saturated rings. The molecule has 1 aliphatic heterocycles. The molecule has 30 heavy (non-hydrogen) atoms. The number of carbonyl (C=O) groups excluding carboxylic acids is 2. The molecule has 0 unspecified atom stereocenters. The topological polar surface area (TPSA) is 58.6 Å². The number of nitrogens with one attached hydrogen (secondary N) is 1. The van der Waals surface area contributed by atoms with Gasteiger partial charge in [0.2, 0.25) is 5.91 Å². The summed E-state index contributed by atoms with van der Waals surface area (Å²) in [6.07, 6.45) is 2.61. The zero-order chi connectivity index (χ0) is 21.6. The second-order valence-electron chi connectivity index (χ2n) is 7.60. The molecule has 1 aliphatic rings. The number of amides is 2. The van der Waals surface area contributed by atoms with Crippen LogP contribution in [0, 0.1) is 11.8 Å². The van der Waals surface area contributed by atoms with Gasteiger partial charge in [-0.2, -0.15) is 0 Å². The molecule has 0 aromatic heterocycles. The maximum Gasteiger partial charge on any atom is 0.264 e. The molecule has 2 aromatic carbocycles. The Balaban J connectivity index is 1.51. The molecule has 1 N–H and O–H groups in total. The lowest BCUT2D eigenvalue weighted by molar-refractivity contribution is -0.133.